The van der Waals surface area contributed by atoms with Crippen LogP contribution >= 0.6 is 0 Å². The lowest BCUT2D eigenvalue weighted by molar-refractivity contribution is -0.120. The van der Waals surface area contributed by atoms with Crippen molar-refractivity contribution in [1.82, 2.24) is 4.90 Å². The van der Waals surface area contributed by atoms with Crippen molar-refractivity contribution in [2.24, 2.45) is 5.92 Å². The van der Waals surface area contributed by atoms with Gasteiger partial charge in [-0.3, -0.25) is 4.90 Å². The van der Waals surface area contributed by atoms with E-state index < -0.39 is 8.07 Å². The Labute approximate surface area is 207 Å². The van der Waals surface area contributed by atoms with Crippen molar-refractivity contribution in [3.05, 3.63) is 101 Å². The Bertz CT molecular complexity index is 1040. The van der Waals surface area contributed by atoms with Crippen molar-refractivity contribution in [2.75, 3.05) is 13.1 Å². The van der Waals surface area contributed by atoms with Gasteiger partial charge in [-0.25, -0.2) is 0 Å². The minimum Gasteiger partial charge on any atom is -0.372 e. The summed E-state index contributed by atoms with van der Waals surface area (Å²) in [6.45, 7) is 12.6. The fraction of sp³-hybridized carbons (Fsp3) is 0.419. The summed E-state index contributed by atoms with van der Waals surface area (Å²) in [4.78, 5) is 2.72. The molecular formula is C31H39NOSi. The van der Waals surface area contributed by atoms with Crippen molar-refractivity contribution in [3.8, 4) is 0 Å². The average molecular weight is 470 g/mol. The Morgan fingerprint density at radius 1 is 0.853 bits per heavy atom. The first kappa shape index (κ1) is 23.5. The minimum atomic E-state index is -1.36. The molecular weight excluding hydrogens is 430 g/mol. The molecule has 2 nitrogen and oxygen atoms in total. The summed E-state index contributed by atoms with van der Waals surface area (Å²) < 4.78 is 6.94. The second-order valence-electron chi connectivity index (χ2n) is 11.4. The van der Waals surface area contributed by atoms with Gasteiger partial charge in [0, 0.05) is 12.0 Å². The molecule has 34 heavy (non-hydrogen) atoms. The van der Waals surface area contributed by atoms with E-state index in [2.05, 4.69) is 110 Å². The summed E-state index contributed by atoms with van der Waals surface area (Å²) in [7, 11) is -1.36. The first-order valence-corrected chi connectivity index (χ1v) is 16.5. The van der Waals surface area contributed by atoms with E-state index in [-0.39, 0.29) is 6.10 Å². The lowest BCUT2D eigenvalue weighted by Gasteiger charge is -2.53. The Morgan fingerprint density at radius 2 is 1.44 bits per heavy atom. The molecule has 0 saturated carbocycles. The number of rotatable bonds is 7. The van der Waals surface area contributed by atoms with E-state index in [1.54, 1.807) is 0 Å². The van der Waals surface area contributed by atoms with Crippen LogP contribution in [0.5, 0.6) is 0 Å². The molecule has 178 valence electrons. The van der Waals surface area contributed by atoms with Gasteiger partial charge < -0.3 is 4.74 Å². The minimum absolute atomic E-state index is 0.253. The molecule has 0 spiro atoms. The second-order valence-corrected chi connectivity index (χ2v) is 16.5. The average Bonchev–Trinajstić information content (AvgIpc) is 2.84. The van der Waals surface area contributed by atoms with Gasteiger partial charge in [0.25, 0.3) is 0 Å². The highest BCUT2D eigenvalue weighted by atomic mass is 28.3. The second kappa shape index (κ2) is 9.81. The van der Waals surface area contributed by atoms with Gasteiger partial charge in [-0.1, -0.05) is 109 Å². The van der Waals surface area contributed by atoms with Crippen LogP contribution in [0.2, 0.25) is 19.6 Å². The topological polar surface area (TPSA) is 12.5 Å². The van der Waals surface area contributed by atoms with Gasteiger partial charge in [0.15, 0.2) is 0 Å². The number of hydrogen-bond donors (Lipinski definition) is 0. The number of hydrogen-bond acceptors (Lipinski definition) is 2. The van der Waals surface area contributed by atoms with Gasteiger partial charge in [0.1, 0.15) is 0 Å². The molecule has 2 atom stereocenters. The highest BCUT2D eigenvalue weighted by Crippen LogP contribution is 2.43. The van der Waals surface area contributed by atoms with E-state index in [0.717, 1.165) is 0 Å². The summed E-state index contributed by atoms with van der Waals surface area (Å²) in [5, 5.41) is 1.53. The van der Waals surface area contributed by atoms with Crippen LogP contribution < -0.4 is 5.19 Å². The van der Waals surface area contributed by atoms with Crippen LogP contribution in [0.3, 0.4) is 0 Å². The molecule has 6 rings (SSSR count). The van der Waals surface area contributed by atoms with E-state index in [1.807, 2.05) is 0 Å². The quantitative estimate of drug-likeness (QED) is 0.374. The van der Waals surface area contributed by atoms with E-state index in [1.165, 1.54) is 53.4 Å². The molecule has 3 aliphatic rings. The zero-order chi connectivity index (χ0) is 23.7. The number of piperidine rings is 3. The fourth-order valence-corrected chi connectivity index (χ4v) is 7.43. The summed E-state index contributed by atoms with van der Waals surface area (Å²) in [5.74, 6) is 0.969. The van der Waals surface area contributed by atoms with Gasteiger partial charge in [0.2, 0.25) is 0 Å². The van der Waals surface area contributed by atoms with Crippen molar-refractivity contribution in [3.63, 3.8) is 0 Å². The largest absolute Gasteiger partial charge is 0.372 e. The third kappa shape index (κ3) is 4.93. The van der Waals surface area contributed by atoms with Gasteiger partial charge in [-0.15, -0.1) is 0 Å². The molecule has 0 radical (unpaired) electrons. The van der Waals surface area contributed by atoms with Crippen LogP contribution in [0.25, 0.3) is 0 Å². The van der Waals surface area contributed by atoms with Crippen LogP contribution in [0.1, 0.15) is 41.0 Å². The third-order valence-corrected chi connectivity index (χ3v) is 9.92. The number of nitrogens with zero attached hydrogens (tertiary/aromatic N) is 1. The van der Waals surface area contributed by atoms with Crippen LogP contribution in [0.4, 0.5) is 0 Å². The van der Waals surface area contributed by atoms with E-state index in [0.29, 0.717) is 24.5 Å². The maximum Gasteiger partial charge on any atom is 0.0776 e. The molecule has 3 saturated heterocycles. The zero-order valence-electron chi connectivity index (χ0n) is 21.2. The zero-order valence-corrected chi connectivity index (χ0v) is 22.2. The van der Waals surface area contributed by atoms with Gasteiger partial charge in [0.05, 0.1) is 20.8 Å². The molecule has 0 aliphatic carbocycles. The molecule has 0 aromatic heterocycles. The SMILES string of the molecule is Cc1cc(COC2C3CCN(CC3)C2C(c2ccccc2)c2ccccc2)cc([Si](C)(C)C)c1. The lowest BCUT2D eigenvalue weighted by atomic mass is 9.72. The fourth-order valence-electron chi connectivity index (χ4n) is 6.15. The van der Waals surface area contributed by atoms with Crippen LogP contribution in [0, 0.1) is 12.8 Å². The van der Waals surface area contributed by atoms with Gasteiger partial charge in [-0.05, 0) is 55.5 Å². The third-order valence-electron chi connectivity index (χ3n) is 7.90. The van der Waals surface area contributed by atoms with Crippen molar-refractivity contribution >= 4 is 13.3 Å². The van der Waals surface area contributed by atoms with Crippen molar-refractivity contribution in [1.29, 1.82) is 0 Å². The number of fused-ring (bicyclic) bond motifs is 3. The molecule has 0 N–H and O–H groups in total. The highest BCUT2D eigenvalue weighted by molar-refractivity contribution is 6.88. The maximum atomic E-state index is 6.94. The molecule has 2 unspecified atom stereocenters. The standard InChI is InChI=1S/C31H39NOSi/c1-23-19-24(21-28(20-23)34(2,3)4)22-33-31-27-15-17-32(18-16-27)30(31)29(25-11-7-5-8-12-25)26-13-9-6-10-14-26/h5-14,19-21,27,29-31H,15-18,22H2,1-4H3. The lowest BCUT2D eigenvalue weighted by Crippen LogP contribution is -2.60. The molecule has 3 heterocycles. The van der Waals surface area contributed by atoms with Crippen LogP contribution in [0.15, 0.2) is 78.9 Å². The molecule has 3 aliphatic heterocycles. The van der Waals surface area contributed by atoms with Gasteiger partial charge in [-0.2, -0.15) is 0 Å². The monoisotopic (exact) mass is 469 g/mol. The van der Waals surface area contributed by atoms with Crippen LogP contribution in [-0.4, -0.2) is 38.2 Å². The molecule has 3 fully saturated rings. The Hall–Kier alpha value is -2.20. The van der Waals surface area contributed by atoms with E-state index in [4.69, 9.17) is 4.74 Å². The number of ether oxygens (including phenoxy) is 1. The Morgan fingerprint density at radius 3 is 2.00 bits per heavy atom. The van der Waals surface area contributed by atoms with Crippen molar-refractivity contribution < 1.29 is 4.74 Å². The number of aryl methyl sites for hydroxylation is 1. The predicted molar refractivity (Wildman–Crippen MR) is 146 cm³/mol. The normalized spacial score (nSPS) is 24.5. The first-order valence-electron chi connectivity index (χ1n) is 13.0. The molecule has 3 aromatic carbocycles. The molecule has 3 heteroatoms. The smallest absolute Gasteiger partial charge is 0.0776 e. The van der Waals surface area contributed by atoms with Crippen molar-refractivity contribution in [2.45, 2.75) is 64.1 Å². The predicted octanol–water partition coefficient (Wildman–Crippen LogP) is 6.35. The van der Waals surface area contributed by atoms with Gasteiger partial charge >= 0.3 is 0 Å². The molecule has 2 bridgehead atoms. The summed E-state index contributed by atoms with van der Waals surface area (Å²) in [5.41, 5.74) is 5.49. The molecule has 3 aromatic rings. The van der Waals surface area contributed by atoms with E-state index in [9.17, 15) is 0 Å². The Kier molecular flexibility index (Phi) is 6.79. The summed E-state index contributed by atoms with van der Waals surface area (Å²) in [6, 6.07) is 29.7. The van der Waals surface area contributed by atoms with Crippen LogP contribution in [-0.2, 0) is 11.3 Å². The summed E-state index contributed by atoms with van der Waals surface area (Å²) in [6.07, 6.45) is 2.76. The Balaban J connectivity index is 1.47. The number of benzene rings is 3. The molecule has 0 amide bonds. The van der Waals surface area contributed by atoms with E-state index >= 15 is 0 Å². The first-order chi connectivity index (χ1) is 16.4. The highest BCUT2D eigenvalue weighted by Gasteiger charge is 2.47. The summed E-state index contributed by atoms with van der Waals surface area (Å²) >= 11 is 0. The maximum absolute atomic E-state index is 6.94.